The first kappa shape index (κ1) is 33.3. The van der Waals surface area contributed by atoms with Gasteiger partial charge in [-0.25, -0.2) is 14.4 Å². The number of hydrogen-bond donors (Lipinski definition) is 4. The Kier molecular flexibility index (Phi) is 10.7. The number of esters is 2. The minimum Gasteiger partial charge on any atom is -0.444 e. The number of alkyl halides is 3. The van der Waals surface area contributed by atoms with Crippen molar-refractivity contribution in [3.8, 4) is 0 Å². The Morgan fingerprint density at radius 2 is 1.63 bits per heavy atom. The molecule has 15 heteroatoms. The van der Waals surface area contributed by atoms with Crippen LogP contribution in [0.2, 0.25) is 0 Å². The Morgan fingerprint density at radius 1 is 1.02 bits per heavy atom. The smallest absolute Gasteiger partial charge is 0.444 e. The summed E-state index contributed by atoms with van der Waals surface area (Å²) >= 11 is 0. The minimum absolute atomic E-state index is 0.126. The zero-order valence-corrected chi connectivity index (χ0v) is 23.6. The van der Waals surface area contributed by atoms with E-state index in [-0.39, 0.29) is 18.0 Å². The van der Waals surface area contributed by atoms with Gasteiger partial charge in [0.25, 0.3) is 0 Å². The molecule has 1 aromatic heterocycles. The average Bonchev–Trinajstić information content (AvgIpc) is 2.81. The standard InChI is InChI=1S/C26H36F3N5O7/c1-24(2,3)41-23(39)33-19(14-9-7-6-8-10-14)20(36)34-25(4,5)11-17(35)32-16-13-31-12-15(18(16)30)21(37)40-22(38)26(27,28)29/h12-14,19H,6-11H2,1-5H3,(H2,30,31)(H,32,35)(H,33,39)(H,34,36)/t19-/m0/s1. The maximum atomic E-state index is 13.3. The predicted octanol–water partition coefficient (Wildman–Crippen LogP) is 3.61. The van der Waals surface area contributed by atoms with Gasteiger partial charge in [-0.1, -0.05) is 19.3 Å². The second-order valence-electron chi connectivity index (χ2n) is 11.4. The lowest BCUT2D eigenvalue weighted by molar-refractivity contribution is -0.193. The number of aromatic nitrogens is 1. The maximum absolute atomic E-state index is 13.3. The number of rotatable bonds is 8. The Bertz CT molecular complexity index is 1160. The van der Waals surface area contributed by atoms with Crippen LogP contribution in [-0.2, 0) is 23.9 Å². The van der Waals surface area contributed by atoms with Gasteiger partial charge >= 0.3 is 24.2 Å². The first-order valence-corrected chi connectivity index (χ1v) is 13.0. The van der Waals surface area contributed by atoms with Gasteiger partial charge in [0, 0.05) is 18.2 Å². The van der Waals surface area contributed by atoms with Crippen LogP contribution >= 0.6 is 0 Å². The van der Waals surface area contributed by atoms with Crippen molar-refractivity contribution >= 4 is 41.2 Å². The van der Waals surface area contributed by atoms with Gasteiger partial charge in [0.1, 0.15) is 17.2 Å². The number of ether oxygens (including phenoxy) is 2. The minimum atomic E-state index is -5.40. The monoisotopic (exact) mass is 587 g/mol. The van der Waals surface area contributed by atoms with E-state index in [1.165, 1.54) is 0 Å². The van der Waals surface area contributed by atoms with Crippen molar-refractivity contribution in [3.05, 3.63) is 18.0 Å². The summed E-state index contributed by atoms with van der Waals surface area (Å²) in [4.78, 5) is 65.2. The van der Waals surface area contributed by atoms with Crippen molar-refractivity contribution < 1.29 is 46.6 Å². The van der Waals surface area contributed by atoms with Gasteiger partial charge in [-0.3, -0.25) is 14.6 Å². The molecule has 1 aliphatic rings. The van der Waals surface area contributed by atoms with E-state index >= 15 is 0 Å². The molecule has 1 saturated carbocycles. The number of pyridine rings is 1. The van der Waals surface area contributed by atoms with Crippen LogP contribution in [0.1, 0.15) is 83.5 Å². The lowest BCUT2D eigenvalue weighted by Gasteiger charge is -2.34. The summed E-state index contributed by atoms with van der Waals surface area (Å²) in [5.74, 6) is -5.75. The lowest BCUT2D eigenvalue weighted by atomic mass is 9.83. The third-order valence-corrected chi connectivity index (χ3v) is 6.04. The number of carbonyl (C=O) groups excluding carboxylic acids is 5. The van der Waals surface area contributed by atoms with E-state index in [9.17, 15) is 37.1 Å². The van der Waals surface area contributed by atoms with Gasteiger partial charge in [0.05, 0.1) is 17.6 Å². The Balaban J connectivity index is 2.10. The van der Waals surface area contributed by atoms with Gasteiger partial charge < -0.3 is 31.2 Å². The second-order valence-corrected chi connectivity index (χ2v) is 11.4. The van der Waals surface area contributed by atoms with Crippen LogP contribution in [0.4, 0.5) is 29.3 Å². The SMILES string of the molecule is CC(C)(CC(=O)Nc1cncc(C(=O)OC(=O)C(F)(F)F)c1N)NC(=O)[C@@H](NC(=O)OC(C)(C)C)C1CCCCC1. The number of halogens is 3. The molecular formula is C26H36F3N5O7. The molecule has 1 aliphatic carbocycles. The van der Waals surface area contributed by atoms with Crippen molar-refractivity contribution in [2.24, 2.45) is 5.92 Å². The van der Waals surface area contributed by atoms with Gasteiger partial charge in [0.15, 0.2) is 0 Å². The van der Waals surface area contributed by atoms with E-state index in [4.69, 9.17) is 10.5 Å². The summed E-state index contributed by atoms with van der Waals surface area (Å²) < 4.78 is 46.4. The highest BCUT2D eigenvalue weighted by Crippen LogP contribution is 2.28. The number of nitrogens with one attached hydrogen (secondary N) is 3. The summed E-state index contributed by atoms with van der Waals surface area (Å²) in [6.07, 6.45) is -0.319. The first-order valence-electron chi connectivity index (χ1n) is 13.0. The van der Waals surface area contributed by atoms with Crippen molar-refractivity contribution in [2.45, 2.75) is 96.5 Å². The lowest BCUT2D eigenvalue weighted by Crippen LogP contribution is -2.57. The highest BCUT2D eigenvalue weighted by Gasteiger charge is 2.43. The van der Waals surface area contributed by atoms with Gasteiger partial charge in [-0.05, 0) is 53.4 Å². The Morgan fingerprint density at radius 3 is 2.20 bits per heavy atom. The van der Waals surface area contributed by atoms with Crippen LogP contribution in [0, 0.1) is 5.92 Å². The van der Waals surface area contributed by atoms with Crippen LogP contribution in [0.25, 0.3) is 0 Å². The number of nitrogens with zero attached hydrogens (tertiary/aromatic N) is 1. The molecule has 228 valence electrons. The normalized spacial score (nSPS) is 15.3. The highest BCUT2D eigenvalue weighted by atomic mass is 19.4. The fourth-order valence-electron chi connectivity index (χ4n) is 4.28. The summed E-state index contributed by atoms with van der Waals surface area (Å²) in [5.41, 5.74) is 2.52. The second kappa shape index (κ2) is 13.2. The number of hydrogen-bond acceptors (Lipinski definition) is 9. The molecule has 1 fully saturated rings. The largest absolute Gasteiger partial charge is 0.491 e. The van der Waals surface area contributed by atoms with Crippen molar-refractivity contribution in [1.82, 2.24) is 15.6 Å². The van der Waals surface area contributed by atoms with Gasteiger partial charge in [-0.15, -0.1) is 0 Å². The summed E-state index contributed by atoms with van der Waals surface area (Å²) in [6.45, 7) is 8.26. The molecule has 0 saturated heterocycles. The number of amides is 3. The third-order valence-electron chi connectivity index (χ3n) is 6.04. The number of nitrogens with two attached hydrogens (primary N) is 1. The maximum Gasteiger partial charge on any atom is 0.491 e. The van der Waals surface area contributed by atoms with Crippen molar-refractivity contribution in [2.75, 3.05) is 11.1 Å². The van der Waals surface area contributed by atoms with Crippen molar-refractivity contribution in [1.29, 1.82) is 0 Å². The average molecular weight is 588 g/mol. The molecule has 0 unspecified atom stereocenters. The zero-order chi connectivity index (χ0) is 31.2. The fraction of sp³-hybridized carbons (Fsp3) is 0.615. The number of alkyl carbamates (subject to hydrolysis) is 1. The fourth-order valence-corrected chi connectivity index (χ4v) is 4.28. The molecule has 12 nitrogen and oxygen atoms in total. The summed E-state index contributed by atoms with van der Waals surface area (Å²) in [5, 5.41) is 7.84. The van der Waals surface area contributed by atoms with E-state index in [0.717, 1.165) is 44.5 Å². The van der Waals surface area contributed by atoms with Crippen LogP contribution in [0.3, 0.4) is 0 Å². The van der Waals surface area contributed by atoms with Crippen LogP contribution in [-0.4, -0.2) is 58.2 Å². The van der Waals surface area contributed by atoms with E-state index in [1.807, 2.05) is 0 Å². The molecule has 41 heavy (non-hydrogen) atoms. The molecule has 0 radical (unpaired) electrons. The molecule has 0 aromatic carbocycles. The molecule has 1 aromatic rings. The molecule has 0 aliphatic heterocycles. The molecule has 2 rings (SSSR count). The predicted molar refractivity (Wildman–Crippen MR) is 140 cm³/mol. The zero-order valence-electron chi connectivity index (χ0n) is 23.6. The first-order chi connectivity index (χ1) is 18.8. The van der Waals surface area contributed by atoms with Gasteiger partial charge in [0.2, 0.25) is 11.8 Å². The molecule has 0 bridgehead atoms. The number of carbonyl (C=O) groups is 5. The van der Waals surface area contributed by atoms with Gasteiger partial charge in [-0.2, -0.15) is 13.2 Å². The van der Waals surface area contributed by atoms with Crippen LogP contribution < -0.4 is 21.7 Å². The summed E-state index contributed by atoms with van der Waals surface area (Å²) in [6, 6.07) is -0.894. The number of anilines is 2. The Hall–Kier alpha value is -3.91. The molecule has 0 spiro atoms. The molecule has 5 N–H and O–H groups in total. The molecule has 1 heterocycles. The van der Waals surface area contributed by atoms with E-state index < -0.39 is 64.5 Å². The van der Waals surface area contributed by atoms with Crippen LogP contribution in [0.5, 0.6) is 0 Å². The molecular weight excluding hydrogens is 551 g/mol. The summed E-state index contributed by atoms with van der Waals surface area (Å²) in [7, 11) is 0. The highest BCUT2D eigenvalue weighted by molar-refractivity contribution is 6.05. The van der Waals surface area contributed by atoms with Crippen LogP contribution in [0.15, 0.2) is 12.4 Å². The van der Waals surface area contributed by atoms with E-state index in [1.54, 1.807) is 34.6 Å². The molecule has 1 atom stereocenters. The van der Waals surface area contributed by atoms with Crippen molar-refractivity contribution in [3.63, 3.8) is 0 Å². The third kappa shape index (κ3) is 10.5. The number of nitrogen functional groups attached to an aromatic ring is 1. The van der Waals surface area contributed by atoms with E-state index in [2.05, 4.69) is 25.7 Å². The molecule has 3 amide bonds. The van der Waals surface area contributed by atoms with E-state index in [0.29, 0.717) is 0 Å². The topological polar surface area (TPSA) is 179 Å². The quantitative estimate of drug-likeness (QED) is 0.261. The Labute approximate surface area is 235 Å².